The molecule has 0 spiro atoms. The van der Waals surface area contributed by atoms with Crippen molar-refractivity contribution in [2.45, 2.75) is 40.5 Å². The fourth-order valence-electron chi connectivity index (χ4n) is 2.70. The number of halogens is 1. The molecule has 0 saturated heterocycles. The van der Waals surface area contributed by atoms with Gasteiger partial charge in [0.25, 0.3) is 0 Å². The molecule has 0 saturated carbocycles. The lowest BCUT2D eigenvalue weighted by Gasteiger charge is -2.29. The largest absolute Gasteiger partial charge is 0.357 e. The van der Waals surface area contributed by atoms with Gasteiger partial charge in [0, 0.05) is 18.2 Å². The van der Waals surface area contributed by atoms with Crippen molar-refractivity contribution < 1.29 is 4.79 Å². The van der Waals surface area contributed by atoms with Crippen molar-refractivity contribution >= 4 is 23.9 Å². The number of carbonyl (C=O) groups excluding carboxylic acids is 1. The first kappa shape index (κ1) is 17.3. The molecule has 0 aromatic heterocycles. The number of rotatable bonds is 2. The van der Waals surface area contributed by atoms with Crippen molar-refractivity contribution in [3.05, 3.63) is 40.6 Å². The second kappa shape index (κ2) is 6.32. The topological polar surface area (TPSA) is 52.9 Å². The Balaban J connectivity index is 0.00000220. The van der Waals surface area contributed by atoms with E-state index in [1.54, 1.807) is 6.08 Å². The summed E-state index contributed by atoms with van der Waals surface area (Å²) in [5, 5.41) is 12.6. The number of ketones is 1. The summed E-state index contributed by atoms with van der Waals surface area (Å²) in [5.74, 6) is 0.146. The first-order valence-electron chi connectivity index (χ1n) is 6.83. The molecule has 0 radical (unpaired) electrons. The quantitative estimate of drug-likeness (QED) is 0.887. The summed E-state index contributed by atoms with van der Waals surface area (Å²) in [7, 11) is 0. The van der Waals surface area contributed by atoms with Gasteiger partial charge in [0.2, 0.25) is 0 Å². The number of benzene rings is 1. The van der Waals surface area contributed by atoms with Gasteiger partial charge in [-0.1, -0.05) is 26.0 Å². The Morgan fingerprint density at radius 3 is 2.38 bits per heavy atom. The lowest BCUT2D eigenvalue weighted by molar-refractivity contribution is -0.117. The van der Waals surface area contributed by atoms with Crippen LogP contribution in [0.3, 0.4) is 0 Å². The van der Waals surface area contributed by atoms with Crippen LogP contribution >= 0.6 is 12.4 Å². The number of aryl methyl sites for hydroxylation is 2. The summed E-state index contributed by atoms with van der Waals surface area (Å²) in [5.41, 5.74) is 4.31. The number of nitrogens with zero attached hydrogens (tertiary/aromatic N) is 1. The molecule has 0 atom stereocenters. The predicted molar refractivity (Wildman–Crippen MR) is 87.6 cm³/mol. The Morgan fingerprint density at radius 2 is 1.81 bits per heavy atom. The van der Waals surface area contributed by atoms with E-state index in [1.165, 1.54) is 0 Å². The molecule has 1 aromatic carbocycles. The molecule has 3 nitrogen and oxygen atoms in total. The highest BCUT2D eigenvalue weighted by Gasteiger charge is 2.28. The van der Waals surface area contributed by atoms with E-state index in [0.717, 1.165) is 28.9 Å². The third-order valence-electron chi connectivity index (χ3n) is 3.68. The molecular weight excluding hydrogens is 284 g/mol. The van der Waals surface area contributed by atoms with Crippen molar-refractivity contribution in [3.63, 3.8) is 0 Å². The maximum absolute atomic E-state index is 11.8. The Labute approximate surface area is 132 Å². The first-order chi connectivity index (χ1) is 9.32. The summed E-state index contributed by atoms with van der Waals surface area (Å²) in [6.45, 7) is 8.08. The number of allylic oxidation sites excluding steroid dienone is 2. The Morgan fingerprint density at radius 1 is 1.19 bits per heavy atom. The summed E-state index contributed by atoms with van der Waals surface area (Å²) in [6, 6.07) is 6.19. The van der Waals surface area contributed by atoms with Crippen LogP contribution in [0.5, 0.6) is 0 Å². The molecule has 0 aliphatic heterocycles. The van der Waals surface area contributed by atoms with Gasteiger partial charge in [-0.15, -0.1) is 12.4 Å². The van der Waals surface area contributed by atoms with E-state index in [2.05, 4.69) is 25.2 Å². The highest BCUT2D eigenvalue weighted by atomic mass is 35.5. The Hall–Kier alpha value is -1.79. The van der Waals surface area contributed by atoms with Crippen LogP contribution in [-0.4, -0.2) is 5.78 Å². The van der Waals surface area contributed by atoms with Crippen LogP contribution in [-0.2, 0) is 4.79 Å². The van der Waals surface area contributed by atoms with Gasteiger partial charge in [-0.25, -0.2) is 0 Å². The van der Waals surface area contributed by atoms with Crippen LogP contribution in [0.25, 0.3) is 0 Å². The molecule has 2 rings (SSSR count). The van der Waals surface area contributed by atoms with Crippen molar-refractivity contribution in [3.8, 4) is 6.07 Å². The van der Waals surface area contributed by atoms with Gasteiger partial charge in [-0.2, -0.15) is 5.26 Å². The third-order valence-corrected chi connectivity index (χ3v) is 3.68. The second-order valence-electron chi connectivity index (χ2n) is 6.34. The maximum Gasteiger partial charge on any atom is 0.157 e. The molecule has 4 heteroatoms. The second-order valence-corrected chi connectivity index (χ2v) is 6.34. The van der Waals surface area contributed by atoms with Gasteiger partial charge in [-0.3, -0.25) is 4.79 Å². The lowest BCUT2D eigenvalue weighted by atomic mass is 9.79. The van der Waals surface area contributed by atoms with E-state index in [-0.39, 0.29) is 23.6 Å². The molecule has 1 N–H and O–H groups in total. The van der Waals surface area contributed by atoms with E-state index < -0.39 is 0 Å². The molecule has 1 aromatic rings. The number of nitrogens with one attached hydrogen (secondary N) is 1. The zero-order valence-electron chi connectivity index (χ0n) is 12.9. The molecule has 21 heavy (non-hydrogen) atoms. The normalized spacial score (nSPS) is 16.5. The fourth-order valence-corrected chi connectivity index (χ4v) is 2.70. The van der Waals surface area contributed by atoms with Gasteiger partial charge in [0.1, 0.15) is 6.07 Å². The van der Waals surface area contributed by atoms with Crippen molar-refractivity contribution in [2.24, 2.45) is 5.41 Å². The van der Waals surface area contributed by atoms with E-state index in [9.17, 15) is 10.1 Å². The minimum atomic E-state index is -0.0291. The minimum absolute atomic E-state index is 0. The van der Waals surface area contributed by atoms with E-state index >= 15 is 0 Å². The monoisotopic (exact) mass is 304 g/mol. The fraction of sp³-hybridized carbons (Fsp3) is 0.412. The Kier molecular flexibility index (Phi) is 5.20. The molecule has 1 aliphatic carbocycles. The third kappa shape index (κ3) is 3.86. The van der Waals surface area contributed by atoms with Crippen molar-refractivity contribution in [2.75, 3.05) is 5.32 Å². The van der Waals surface area contributed by atoms with Crippen LogP contribution in [0, 0.1) is 30.6 Å². The molecule has 112 valence electrons. The predicted octanol–water partition coefficient (Wildman–Crippen LogP) is 4.28. The molecule has 0 heterocycles. The number of hydrogen-bond acceptors (Lipinski definition) is 3. The average Bonchev–Trinajstić information content (AvgIpc) is 2.31. The molecule has 1 aliphatic rings. The van der Waals surface area contributed by atoms with Crippen molar-refractivity contribution in [1.29, 1.82) is 5.26 Å². The number of hydrogen-bond donors (Lipinski definition) is 1. The molecule has 0 bridgehead atoms. The van der Waals surface area contributed by atoms with Crippen LogP contribution in [0.15, 0.2) is 23.9 Å². The van der Waals surface area contributed by atoms with E-state index in [4.69, 9.17) is 0 Å². The van der Waals surface area contributed by atoms with E-state index in [1.807, 2.05) is 26.0 Å². The SMILES string of the molecule is Cc1ccc(C)c(NC2=CC(=O)CC(C)(C)C2)c1C#N.Cl. The molecule has 0 unspecified atom stereocenters. The number of anilines is 1. The van der Waals surface area contributed by atoms with E-state index in [0.29, 0.717) is 12.0 Å². The van der Waals surface area contributed by atoms with Crippen molar-refractivity contribution in [1.82, 2.24) is 0 Å². The molecule has 0 amide bonds. The maximum atomic E-state index is 11.8. The van der Waals surface area contributed by atoms with Gasteiger partial charge in [0.15, 0.2) is 5.78 Å². The first-order valence-corrected chi connectivity index (χ1v) is 6.83. The van der Waals surface area contributed by atoms with Crippen LogP contribution in [0.2, 0.25) is 0 Å². The lowest BCUT2D eigenvalue weighted by Crippen LogP contribution is -2.24. The highest BCUT2D eigenvalue weighted by Crippen LogP contribution is 2.35. The summed E-state index contributed by atoms with van der Waals surface area (Å²) in [6.07, 6.45) is 3.07. The molecule has 0 fully saturated rings. The highest BCUT2D eigenvalue weighted by molar-refractivity contribution is 5.92. The standard InChI is InChI=1S/C17H20N2O.ClH/c1-11-5-6-12(2)16(15(11)10-18)19-13-7-14(20)9-17(3,4)8-13;/h5-7,19H,8-9H2,1-4H3;1H. The summed E-state index contributed by atoms with van der Waals surface area (Å²) in [4.78, 5) is 11.8. The van der Waals surface area contributed by atoms with Gasteiger partial charge in [-0.05, 0) is 36.8 Å². The zero-order chi connectivity index (χ0) is 14.9. The minimum Gasteiger partial charge on any atom is -0.357 e. The zero-order valence-corrected chi connectivity index (χ0v) is 13.7. The Bertz CT molecular complexity index is 639. The van der Waals surface area contributed by atoms with Crippen LogP contribution in [0.4, 0.5) is 5.69 Å². The molecular formula is C17H21ClN2O. The van der Waals surface area contributed by atoms with Gasteiger partial charge in [0.05, 0.1) is 11.3 Å². The van der Waals surface area contributed by atoms with Gasteiger partial charge >= 0.3 is 0 Å². The van der Waals surface area contributed by atoms with Gasteiger partial charge < -0.3 is 5.32 Å². The number of nitriles is 1. The number of carbonyl (C=O) groups is 1. The van der Waals surface area contributed by atoms with Crippen LogP contribution < -0.4 is 5.32 Å². The smallest absolute Gasteiger partial charge is 0.157 e. The summed E-state index contributed by atoms with van der Waals surface area (Å²) < 4.78 is 0. The summed E-state index contributed by atoms with van der Waals surface area (Å²) >= 11 is 0. The average molecular weight is 305 g/mol. The van der Waals surface area contributed by atoms with Crippen LogP contribution in [0.1, 0.15) is 43.4 Å².